The number of amides is 4. The van der Waals surface area contributed by atoms with Crippen molar-refractivity contribution in [2.75, 3.05) is 12.0 Å². The summed E-state index contributed by atoms with van der Waals surface area (Å²) in [5.74, 6) is -1.63. The number of carbonyl (C=O) groups excluding carboxylic acids is 4. The van der Waals surface area contributed by atoms with Crippen molar-refractivity contribution in [2.24, 2.45) is 0 Å². The maximum absolute atomic E-state index is 13.0. The zero-order valence-electron chi connectivity index (χ0n) is 18.8. The number of esters is 1. The first kappa shape index (κ1) is 25.0. The van der Waals surface area contributed by atoms with Crippen LogP contribution in [0, 0.1) is 0 Å². The first-order valence-electron chi connectivity index (χ1n) is 10.5. The zero-order chi connectivity index (χ0) is 25.8. The van der Waals surface area contributed by atoms with Crippen LogP contribution in [0.15, 0.2) is 72.3 Å². The molecular weight excluding hydrogens is 507 g/mol. The predicted molar refractivity (Wildman–Crippen MR) is 134 cm³/mol. The number of nitrogens with zero attached hydrogens (tertiary/aromatic N) is 1. The molecule has 3 aromatic carbocycles. The molecule has 182 valence electrons. The molecule has 1 saturated heterocycles. The van der Waals surface area contributed by atoms with Crippen molar-refractivity contribution in [3.63, 3.8) is 0 Å². The number of anilines is 1. The second kappa shape index (κ2) is 10.6. The first-order chi connectivity index (χ1) is 17.3. The van der Waals surface area contributed by atoms with Crippen LogP contribution < -0.4 is 15.0 Å². The molecule has 0 unspecified atom stereocenters. The van der Waals surface area contributed by atoms with E-state index in [2.05, 4.69) is 10.1 Å². The van der Waals surface area contributed by atoms with Crippen LogP contribution in [-0.4, -0.2) is 30.9 Å². The molecule has 0 bridgehead atoms. The van der Waals surface area contributed by atoms with E-state index in [1.165, 1.54) is 37.5 Å². The fraction of sp³-hybridized carbons (Fsp3) is 0.0769. The number of urea groups is 1. The highest BCUT2D eigenvalue weighted by atomic mass is 35.5. The second-order valence-electron chi connectivity index (χ2n) is 7.59. The summed E-state index contributed by atoms with van der Waals surface area (Å²) < 4.78 is 10.4. The van der Waals surface area contributed by atoms with Crippen molar-refractivity contribution in [3.8, 4) is 5.75 Å². The summed E-state index contributed by atoms with van der Waals surface area (Å²) in [5.41, 5.74) is 1.52. The smallest absolute Gasteiger partial charge is 0.337 e. The van der Waals surface area contributed by atoms with Gasteiger partial charge in [-0.15, -0.1) is 0 Å². The first-order valence-corrected chi connectivity index (χ1v) is 11.3. The van der Waals surface area contributed by atoms with E-state index in [4.69, 9.17) is 27.9 Å². The molecule has 0 aromatic heterocycles. The van der Waals surface area contributed by atoms with E-state index < -0.39 is 23.8 Å². The lowest BCUT2D eigenvalue weighted by atomic mass is 10.1. The number of hydrogen-bond donors (Lipinski definition) is 1. The Kier molecular flexibility index (Phi) is 7.38. The fourth-order valence-electron chi connectivity index (χ4n) is 3.38. The van der Waals surface area contributed by atoms with Crippen molar-refractivity contribution in [2.45, 2.75) is 6.61 Å². The number of imide groups is 2. The number of benzene rings is 3. The monoisotopic (exact) mass is 524 g/mol. The van der Waals surface area contributed by atoms with Crippen molar-refractivity contribution < 1.29 is 28.7 Å². The summed E-state index contributed by atoms with van der Waals surface area (Å²) in [7, 11) is 1.24. The van der Waals surface area contributed by atoms with Crippen LogP contribution in [0.3, 0.4) is 0 Å². The molecule has 4 rings (SSSR count). The molecular formula is C26H18Cl2N2O6. The molecule has 36 heavy (non-hydrogen) atoms. The average Bonchev–Trinajstić information content (AvgIpc) is 2.86. The number of methoxy groups -OCH3 is 1. The van der Waals surface area contributed by atoms with Crippen LogP contribution in [0.4, 0.5) is 10.5 Å². The molecule has 8 nitrogen and oxygen atoms in total. The third kappa shape index (κ3) is 5.40. The molecule has 1 aliphatic rings. The summed E-state index contributed by atoms with van der Waals surface area (Å²) in [6.07, 6.45) is 1.37. The molecule has 10 heteroatoms. The van der Waals surface area contributed by atoms with Crippen LogP contribution in [0.1, 0.15) is 21.5 Å². The molecule has 1 fully saturated rings. The molecule has 0 saturated carbocycles. The number of nitrogens with one attached hydrogen (secondary N) is 1. The Morgan fingerprint density at radius 1 is 0.972 bits per heavy atom. The summed E-state index contributed by atoms with van der Waals surface area (Å²) >= 11 is 12.1. The van der Waals surface area contributed by atoms with Crippen LogP contribution in [0.2, 0.25) is 10.0 Å². The molecule has 0 radical (unpaired) electrons. The van der Waals surface area contributed by atoms with Gasteiger partial charge in [0.15, 0.2) is 0 Å². The van der Waals surface area contributed by atoms with Crippen molar-refractivity contribution in [1.82, 2.24) is 5.32 Å². The van der Waals surface area contributed by atoms with Gasteiger partial charge in [-0.1, -0.05) is 41.4 Å². The van der Waals surface area contributed by atoms with E-state index in [1.54, 1.807) is 42.5 Å². The normalized spacial score (nSPS) is 14.6. The Balaban J connectivity index is 1.50. The zero-order valence-corrected chi connectivity index (χ0v) is 20.3. The highest BCUT2D eigenvalue weighted by molar-refractivity contribution is 6.39. The van der Waals surface area contributed by atoms with Crippen LogP contribution in [-0.2, 0) is 20.9 Å². The number of halogens is 2. The molecule has 0 atom stereocenters. The van der Waals surface area contributed by atoms with Gasteiger partial charge in [0.2, 0.25) is 0 Å². The average molecular weight is 525 g/mol. The van der Waals surface area contributed by atoms with E-state index in [1.807, 2.05) is 0 Å². The third-order valence-corrected chi connectivity index (χ3v) is 5.84. The predicted octanol–water partition coefficient (Wildman–Crippen LogP) is 5.03. The van der Waals surface area contributed by atoms with Crippen molar-refractivity contribution in [3.05, 3.63) is 99.0 Å². The lowest BCUT2D eigenvalue weighted by molar-refractivity contribution is -0.122. The Morgan fingerprint density at radius 3 is 2.31 bits per heavy atom. The molecule has 4 amide bonds. The minimum atomic E-state index is -0.891. The minimum Gasteiger partial charge on any atom is -0.489 e. The van der Waals surface area contributed by atoms with Gasteiger partial charge in [0.1, 0.15) is 17.9 Å². The molecule has 1 aliphatic heterocycles. The standard InChI is InChI=1S/C26H18Cl2N2O6/c1-35-25(33)16-5-8-19(9-6-16)30-24(32)21(23(31)29-26(30)34)12-15-2-10-20(11-3-15)36-14-17-4-7-18(27)13-22(17)28/h2-13H,14H2,1H3,(H,29,31,34)/b21-12+. The Labute approximate surface area is 216 Å². The highest BCUT2D eigenvalue weighted by Crippen LogP contribution is 2.25. The maximum Gasteiger partial charge on any atom is 0.337 e. The Morgan fingerprint density at radius 2 is 1.67 bits per heavy atom. The number of hydrogen-bond acceptors (Lipinski definition) is 6. The molecule has 3 aromatic rings. The van der Waals surface area contributed by atoms with E-state index >= 15 is 0 Å². The summed E-state index contributed by atoms with van der Waals surface area (Å²) in [5, 5.41) is 3.18. The number of ether oxygens (including phenoxy) is 2. The van der Waals surface area contributed by atoms with Gasteiger partial charge in [0.25, 0.3) is 11.8 Å². The largest absolute Gasteiger partial charge is 0.489 e. The molecule has 1 N–H and O–H groups in total. The fourth-order valence-corrected chi connectivity index (χ4v) is 3.85. The highest BCUT2D eigenvalue weighted by Gasteiger charge is 2.36. The second-order valence-corrected chi connectivity index (χ2v) is 8.43. The van der Waals surface area contributed by atoms with Gasteiger partial charge in [0.05, 0.1) is 18.4 Å². The van der Waals surface area contributed by atoms with E-state index in [9.17, 15) is 19.2 Å². The lowest BCUT2D eigenvalue weighted by Crippen LogP contribution is -2.54. The molecule has 1 heterocycles. The van der Waals surface area contributed by atoms with Gasteiger partial charge in [-0.25, -0.2) is 14.5 Å². The summed E-state index contributed by atoms with van der Waals surface area (Å²) in [6, 6.07) is 16.6. The van der Waals surface area contributed by atoms with Crippen LogP contribution in [0.25, 0.3) is 6.08 Å². The Bertz CT molecular complexity index is 1380. The van der Waals surface area contributed by atoms with Crippen LogP contribution in [0.5, 0.6) is 5.75 Å². The van der Waals surface area contributed by atoms with Crippen molar-refractivity contribution >= 4 is 58.8 Å². The summed E-state index contributed by atoms with van der Waals surface area (Å²) in [6.45, 7) is 0.225. The van der Waals surface area contributed by atoms with Gasteiger partial charge in [-0.05, 0) is 60.2 Å². The lowest BCUT2D eigenvalue weighted by Gasteiger charge is -2.26. The van der Waals surface area contributed by atoms with Gasteiger partial charge < -0.3 is 9.47 Å². The Hall–Kier alpha value is -4.14. The minimum absolute atomic E-state index is 0.188. The number of barbiturate groups is 1. The van der Waals surface area contributed by atoms with Gasteiger partial charge in [-0.2, -0.15) is 0 Å². The van der Waals surface area contributed by atoms with E-state index in [0.29, 0.717) is 21.4 Å². The SMILES string of the molecule is COC(=O)c1ccc(N2C(=O)NC(=O)/C(=C\c3ccc(OCc4ccc(Cl)cc4Cl)cc3)C2=O)cc1. The molecule has 0 aliphatic carbocycles. The van der Waals surface area contributed by atoms with Crippen LogP contribution >= 0.6 is 23.2 Å². The number of rotatable bonds is 6. The van der Waals surface area contributed by atoms with Gasteiger partial charge in [0, 0.05) is 15.6 Å². The number of carbonyl (C=O) groups is 4. The molecule has 0 spiro atoms. The third-order valence-electron chi connectivity index (χ3n) is 5.25. The maximum atomic E-state index is 13.0. The van der Waals surface area contributed by atoms with Gasteiger partial charge >= 0.3 is 12.0 Å². The quantitative estimate of drug-likeness (QED) is 0.275. The topological polar surface area (TPSA) is 102 Å². The van der Waals surface area contributed by atoms with Crippen molar-refractivity contribution in [1.29, 1.82) is 0 Å². The van der Waals surface area contributed by atoms with E-state index in [0.717, 1.165) is 10.5 Å². The summed E-state index contributed by atoms with van der Waals surface area (Å²) in [4.78, 5) is 50.3. The van der Waals surface area contributed by atoms with Gasteiger partial charge in [-0.3, -0.25) is 14.9 Å². The van der Waals surface area contributed by atoms with E-state index in [-0.39, 0.29) is 23.4 Å².